The van der Waals surface area contributed by atoms with Gasteiger partial charge in [-0.3, -0.25) is 0 Å². The van der Waals surface area contributed by atoms with Crippen molar-refractivity contribution in [1.82, 2.24) is 0 Å². The van der Waals surface area contributed by atoms with E-state index < -0.39 is 0 Å². The van der Waals surface area contributed by atoms with Gasteiger partial charge in [0.2, 0.25) is 0 Å². The summed E-state index contributed by atoms with van der Waals surface area (Å²) in [6.45, 7) is 0. The Hall–Kier alpha value is -0.300. The molecule has 2 unspecified atom stereocenters. The van der Waals surface area contributed by atoms with Crippen LogP contribution in [-0.4, -0.2) is 10.7 Å². The van der Waals surface area contributed by atoms with Gasteiger partial charge in [-0.15, -0.1) is 0 Å². The largest absolute Gasteiger partial charge is 0.386 e. The minimum absolute atomic E-state index is 0.370. The highest BCUT2D eigenvalue weighted by Gasteiger charge is 2.38. The molecular formula is C7H10O. The number of allylic oxidation sites excluding steroid dienone is 1. The molecule has 1 nitrogen and oxygen atoms in total. The van der Waals surface area contributed by atoms with Crippen LogP contribution in [0.15, 0.2) is 12.2 Å². The molecule has 1 heteroatoms. The maximum atomic E-state index is 9.45. The minimum Gasteiger partial charge on any atom is -0.386 e. The van der Waals surface area contributed by atoms with Crippen molar-refractivity contribution >= 4 is 0 Å². The van der Waals surface area contributed by atoms with E-state index in [-0.39, 0.29) is 5.60 Å². The normalized spacial score (nSPS) is 50.9. The second-order valence-corrected chi connectivity index (χ2v) is 2.97. The lowest BCUT2D eigenvalue weighted by atomic mass is 10.0. The molecule has 0 saturated heterocycles. The van der Waals surface area contributed by atoms with E-state index in [1.165, 1.54) is 6.42 Å². The monoisotopic (exact) mass is 110 g/mol. The molecule has 0 radical (unpaired) electrons. The fourth-order valence-corrected chi connectivity index (χ4v) is 1.72. The third-order valence-corrected chi connectivity index (χ3v) is 2.24. The molecule has 2 aliphatic rings. The van der Waals surface area contributed by atoms with E-state index in [1.807, 2.05) is 6.08 Å². The average molecular weight is 110 g/mol. The zero-order valence-corrected chi connectivity index (χ0v) is 4.80. The fraction of sp³-hybridized carbons (Fsp3) is 0.714. The van der Waals surface area contributed by atoms with Crippen LogP contribution in [0.3, 0.4) is 0 Å². The molecule has 2 rings (SSSR count). The molecule has 0 aromatic carbocycles. The molecule has 2 aliphatic carbocycles. The van der Waals surface area contributed by atoms with Crippen molar-refractivity contribution in [2.24, 2.45) is 5.92 Å². The van der Waals surface area contributed by atoms with Crippen LogP contribution in [-0.2, 0) is 0 Å². The van der Waals surface area contributed by atoms with E-state index >= 15 is 0 Å². The maximum Gasteiger partial charge on any atom is 0.0833 e. The highest BCUT2D eigenvalue weighted by atomic mass is 16.3. The lowest BCUT2D eigenvalue weighted by Gasteiger charge is -2.13. The summed E-state index contributed by atoms with van der Waals surface area (Å²) in [5.74, 6) is 0.708. The molecule has 1 N–H and O–H groups in total. The second kappa shape index (κ2) is 1.16. The lowest BCUT2D eigenvalue weighted by Crippen LogP contribution is -2.17. The third-order valence-electron chi connectivity index (χ3n) is 2.24. The standard InChI is InChI=1S/C7H10O/c8-7-3-1-6(5-7)2-4-7/h1,3,6,8H,2,4-5H2. The molecule has 0 aromatic heterocycles. The third kappa shape index (κ3) is 0.451. The Bertz CT molecular complexity index is 139. The molecule has 2 atom stereocenters. The predicted octanol–water partition coefficient (Wildman–Crippen LogP) is 1.09. The van der Waals surface area contributed by atoms with Crippen molar-refractivity contribution in [2.75, 3.05) is 0 Å². The first-order valence-corrected chi connectivity index (χ1v) is 3.20. The van der Waals surface area contributed by atoms with Gasteiger partial charge in [-0.1, -0.05) is 12.2 Å². The van der Waals surface area contributed by atoms with Gasteiger partial charge in [-0.25, -0.2) is 0 Å². The Balaban J connectivity index is 2.33. The summed E-state index contributed by atoms with van der Waals surface area (Å²) in [6.07, 6.45) is 7.29. The van der Waals surface area contributed by atoms with Gasteiger partial charge in [0, 0.05) is 0 Å². The Morgan fingerprint density at radius 1 is 1.62 bits per heavy atom. The molecule has 0 heterocycles. The van der Waals surface area contributed by atoms with Gasteiger partial charge in [0.15, 0.2) is 0 Å². The number of aliphatic hydroxyl groups is 1. The number of hydrogen-bond acceptors (Lipinski definition) is 1. The molecular weight excluding hydrogens is 100 g/mol. The van der Waals surface area contributed by atoms with E-state index in [9.17, 15) is 5.11 Å². The molecule has 2 bridgehead atoms. The Morgan fingerprint density at radius 3 is 2.62 bits per heavy atom. The van der Waals surface area contributed by atoms with Crippen molar-refractivity contribution in [3.8, 4) is 0 Å². The molecule has 1 fully saturated rings. The first-order chi connectivity index (χ1) is 3.79. The van der Waals surface area contributed by atoms with E-state index in [0.717, 1.165) is 12.8 Å². The smallest absolute Gasteiger partial charge is 0.0833 e. The highest BCUT2D eigenvalue weighted by molar-refractivity contribution is 5.16. The number of hydrogen-bond donors (Lipinski definition) is 1. The van der Waals surface area contributed by atoms with Crippen molar-refractivity contribution in [2.45, 2.75) is 24.9 Å². The number of rotatable bonds is 0. The van der Waals surface area contributed by atoms with Crippen LogP contribution in [0.4, 0.5) is 0 Å². The first-order valence-electron chi connectivity index (χ1n) is 3.20. The molecule has 1 saturated carbocycles. The Labute approximate surface area is 49.0 Å². The van der Waals surface area contributed by atoms with Crippen molar-refractivity contribution in [1.29, 1.82) is 0 Å². The summed E-state index contributed by atoms with van der Waals surface area (Å²) in [6, 6.07) is 0. The quantitative estimate of drug-likeness (QED) is 0.463. The highest BCUT2D eigenvalue weighted by Crippen LogP contribution is 2.41. The maximum absolute atomic E-state index is 9.45. The van der Waals surface area contributed by atoms with Gasteiger partial charge in [-0.05, 0) is 25.2 Å². The van der Waals surface area contributed by atoms with Crippen molar-refractivity contribution in [3.63, 3.8) is 0 Å². The van der Waals surface area contributed by atoms with Crippen LogP contribution >= 0.6 is 0 Å². The van der Waals surface area contributed by atoms with E-state index in [2.05, 4.69) is 6.08 Å². The van der Waals surface area contributed by atoms with Gasteiger partial charge in [0.1, 0.15) is 0 Å². The Kier molecular flexibility index (Phi) is 0.662. The molecule has 0 amide bonds. The van der Waals surface area contributed by atoms with Gasteiger partial charge in [0.25, 0.3) is 0 Å². The van der Waals surface area contributed by atoms with Gasteiger partial charge in [-0.2, -0.15) is 0 Å². The van der Waals surface area contributed by atoms with Crippen LogP contribution in [0, 0.1) is 5.92 Å². The zero-order chi connectivity index (χ0) is 5.61. The van der Waals surface area contributed by atoms with Crippen LogP contribution < -0.4 is 0 Å². The van der Waals surface area contributed by atoms with Gasteiger partial charge < -0.3 is 5.11 Å². The zero-order valence-electron chi connectivity index (χ0n) is 4.80. The van der Waals surface area contributed by atoms with Crippen molar-refractivity contribution < 1.29 is 5.11 Å². The summed E-state index contributed by atoms with van der Waals surface area (Å²) in [4.78, 5) is 0. The first kappa shape index (κ1) is 4.57. The SMILES string of the molecule is OC12C=CC(CC1)C2. The Morgan fingerprint density at radius 2 is 2.50 bits per heavy atom. The summed E-state index contributed by atoms with van der Waals surface area (Å²) in [7, 11) is 0. The predicted molar refractivity (Wildman–Crippen MR) is 31.4 cm³/mol. The van der Waals surface area contributed by atoms with E-state index in [0.29, 0.717) is 5.92 Å². The van der Waals surface area contributed by atoms with Crippen LogP contribution in [0.1, 0.15) is 19.3 Å². The van der Waals surface area contributed by atoms with Crippen molar-refractivity contribution in [3.05, 3.63) is 12.2 Å². The summed E-state index contributed by atoms with van der Waals surface area (Å²) in [5.41, 5.74) is -0.370. The van der Waals surface area contributed by atoms with E-state index in [4.69, 9.17) is 0 Å². The molecule has 0 aromatic rings. The second-order valence-electron chi connectivity index (χ2n) is 2.97. The number of fused-ring (bicyclic) bond motifs is 2. The lowest BCUT2D eigenvalue weighted by molar-refractivity contribution is 0.103. The summed E-state index contributed by atoms with van der Waals surface area (Å²) >= 11 is 0. The average Bonchev–Trinajstić information content (AvgIpc) is 2.21. The minimum atomic E-state index is -0.370. The topological polar surface area (TPSA) is 20.2 Å². The van der Waals surface area contributed by atoms with Crippen LogP contribution in [0.5, 0.6) is 0 Å². The molecule has 8 heavy (non-hydrogen) atoms. The molecule has 44 valence electrons. The van der Waals surface area contributed by atoms with Crippen LogP contribution in [0.25, 0.3) is 0 Å². The van der Waals surface area contributed by atoms with E-state index in [1.54, 1.807) is 0 Å². The fourth-order valence-electron chi connectivity index (χ4n) is 1.72. The van der Waals surface area contributed by atoms with Gasteiger partial charge in [0.05, 0.1) is 5.60 Å². The van der Waals surface area contributed by atoms with Crippen LogP contribution in [0.2, 0.25) is 0 Å². The summed E-state index contributed by atoms with van der Waals surface area (Å²) < 4.78 is 0. The molecule has 0 spiro atoms. The summed E-state index contributed by atoms with van der Waals surface area (Å²) in [5, 5.41) is 9.45. The van der Waals surface area contributed by atoms with Gasteiger partial charge >= 0.3 is 0 Å². The molecule has 0 aliphatic heterocycles.